The van der Waals surface area contributed by atoms with Crippen LogP contribution in [0.4, 0.5) is 4.39 Å². The lowest BCUT2D eigenvalue weighted by molar-refractivity contribution is -0.133. The lowest BCUT2D eigenvalue weighted by Gasteiger charge is -2.19. The summed E-state index contributed by atoms with van der Waals surface area (Å²) in [7, 11) is 0. The van der Waals surface area contributed by atoms with Crippen molar-refractivity contribution in [3.05, 3.63) is 112 Å². The van der Waals surface area contributed by atoms with E-state index >= 15 is 4.39 Å². The molecule has 38 heavy (non-hydrogen) atoms. The number of hydrogen-bond acceptors (Lipinski definition) is 7. The van der Waals surface area contributed by atoms with Crippen molar-refractivity contribution in [1.29, 1.82) is 0 Å². The predicted octanol–water partition coefficient (Wildman–Crippen LogP) is 5.66. The number of carboxylic acids is 1. The Labute approximate surface area is 229 Å². The molecule has 2 aliphatic rings. The van der Waals surface area contributed by atoms with Gasteiger partial charge in [0.05, 0.1) is 5.71 Å². The maximum atomic E-state index is 15.1. The summed E-state index contributed by atoms with van der Waals surface area (Å²) in [4.78, 5) is 17.1. The van der Waals surface area contributed by atoms with E-state index in [1.165, 1.54) is 17.8 Å². The van der Waals surface area contributed by atoms with Gasteiger partial charge in [0.1, 0.15) is 11.5 Å². The Morgan fingerprint density at radius 1 is 1.08 bits per heavy atom. The zero-order valence-corrected chi connectivity index (χ0v) is 22.1. The van der Waals surface area contributed by atoms with Gasteiger partial charge in [0.15, 0.2) is 5.50 Å². The van der Waals surface area contributed by atoms with Gasteiger partial charge in [-0.25, -0.2) is 14.2 Å². The van der Waals surface area contributed by atoms with Crippen molar-refractivity contribution in [1.82, 2.24) is 5.32 Å². The Morgan fingerprint density at radius 2 is 1.84 bits per heavy atom. The van der Waals surface area contributed by atoms with Crippen LogP contribution in [0.25, 0.3) is 11.1 Å². The van der Waals surface area contributed by atoms with E-state index in [4.69, 9.17) is 15.9 Å². The molecule has 1 fully saturated rings. The summed E-state index contributed by atoms with van der Waals surface area (Å²) in [6, 6.07) is 23.0. The Morgan fingerprint density at radius 3 is 2.50 bits per heavy atom. The molecule has 0 radical (unpaired) electrons. The summed E-state index contributed by atoms with van der Waals surface area (Å²) in [5.41, 5.74) is 11.7. The minimum absolute atomic E-state index is 0.0859. The van der Waals surface area contributed by atoms with Gasteiger partial charge in [0, 0.05) is 33.6 Å². The molecule has 9 heteroatoms. The standard InChI is InChI=1S/C29H27FN4O2S2/c30-24-15-22(38-32)12-11-20(24)14-23(26(31)18-9-10-18)27(34-29-33-25(16-37-29)28(35)36)21-8-4-7-19(13-21)17-5-2-1-3-6-17/h1-8,11-13,15-16,18,29,33H,9-10,14,31-32H2,(H,35,36). The second kappa shape index (κ2) is 11.5. The lowest BCUT2D eigenvalue weighted by atomic mass is 9.91. The first kappa shape index (κ1) is 26.1. The van der Waals surface area contributed by atoms with Crippen molar-refractivity contribution in [2.75, 3.05) is 0 Å². The number of nitrogens with one attached hydrogen (secondary N) is 1. The third-order valence-electron chi connectivity index (χ3n) is 6.49. The number of thioether (sulfide) groups is 1. The molecule has 194 valence electrons. The van der Waals surface area contributed by atoms with Crippen molar-refractivity contribution in [2.24, 2.45) is 21.8 Å². The van der Waals surface area contributed by atoms with Crippen LogP contribution in [0.1, 0.15) is 24.0 Å². The molecule has 6 nitrogen and oxygen atoms in total. The van der Waals surface area contributed by atoms with E-state index in [0.29, 0.717) is 21.9 Å². The van der Waals surface area contributed by atoms with Crippen LogP contribution < -0.4 is 16.2 Å². The van der Waals surface area contributed by atoms with Crippen molar-refractivity contribution in [3.8, 4) is 11.1 Å². The second-order valence-corrected chi connectivity index (χ2v) is 10.8. The Bertz CT molecular complexity index is 1450. The second-order valence-electron chi connectivity index (χ2n) is 9.15. The SMILES string of the molecule is NSc1ccc(CC(C(=NC2NC(C(=O)O)=CS2)c2cccc(-c3ccccc3)c2)=C(N)C2CC2)c(F)c1. The summed E-state index contributed by atoms with van der Waals surface area (Å²) in [6.45, 7) is 0. The average Bonchev–Trinajstić information content (AvgIpc) is 3.69. The Hall–Kier alpha value is -3.53. The predicted molar refractivity (Wildman–Crippen MR) is 153 cm³/mol. The quantitative estimate of drug-likeness (QED) is 0.202. The topological polar surface area (TPSA) is 114 Å². The molecule has 3 aromatic rings. The first-order valence-corrected chi connectivity index (χ1v) is 14.0. The van der Waals surface area contributed by atoms with Gasteiger partial charge in [-0.05, 0) is 65.6 Å². The largest absolute Gasteiger partial charge is 0.477 e. The number of halogens is 1. The smallest absolute Gasteiger partial charge is 0.352 e. The number of allylic oxidation sites excluding steroid dienone is 2. The third kappa shape index (κ3) is 5.96. The van der Waals surface area contributed by atoms with Crippen LogP contribution in [0.2, 0.25) is 0 Å². The highest BCUT2D eigenvalue weighted by molar-refractivity contribution is 8.03. The summed E-state index contributed by atoms with van der Waals surface area (Å²) in [5.74, 6) is -1.19. The van der Waals surface area contributed by atoms with Gasteiger partial charge in [-0.1, -0.05) is 66.4 Å². The first-order valence-electron chi connectivity index (χ1n) is 12.2. The van der Waals surface area contributed by atoms with Gasteiger partial charge in [0.25, 0.3) is 0 Å². The van der Waals surface area contributed by atoms with Crippen LogP contribution in [-0.2, 0) is 11.2 Å². The number of nitrogens with two attached hydrogens (primary N) is 2. The molecule has 0 saturated heterocycles. The summed E-state index contributed by atoms with van der Waals surface area (Å²) in [6.07, 6.45) is 2.19. The lowest BCUT2D eigenvalue weighted by Crippen LogP contribution is -2.26. The molecule has 1 saturated carbocycles. The van der Waals surface area contributed by atoms with Crippen molar-refractivity contribution in [3.63, 3.8) is 0 Å². The molecule has 6 N–H and O–H groups in total. The number of benzene rings is 3. The van der Waals surface area contributed by atoms with Crippen molar-refractivity contribution in [2.45, 2.75) is 29.7 Å². The minimum Gasteiger partial charge on any atom is -0.477 e. The van der Waals surface area contributed by atoms with Gasteiger partial charge in [0.2, 0.25) is 0 Å². The van der Waals surface area contributed by atoms with Crippen LogP contribution in [-0.4, -0.2) is 22.3 Å². The highest BCUT2D eigenvalue weighted by atomic mass is 32.2. The molecule has 0 amide bonds. The summed E-state index contributed by atoms with van der Waals surface area (Å²) >= 11 is 2.27. The number of carbonyl (C=O) groups is 1. The van der Waals surface area contributed by atoms with Gasteiger partial charge in [-0.2, -0.15) is 0 Å². The molecule has 1 atom stereocenters. The van der Waals surface area contributed by atoms with E-state index in [1.807, 2.05) is 54.6 Å². The Kier molecular flexibility index (Phi) is 7.87. The maximum absolute atomic E-state index is 15.1. The van der Waals surface area contributed by atoms with Crippen LogP contribution in [0.3, 0.4) is 0 Å². The van der Waals surface area contributed by atoms with E-state index in [9.17, 15) is 9.90 Å². The van der Waals surface area contributed by atoms with Crippen LogP contribution in [0, 0.1) is 11.7 Å². The van der Waals surface area contributed by atoms with Crippen LogP contribution in [0.15, 0.2) is 105 Å². The fourth-order valence-electron chi connectivity index (χ4n) is 4.33. The normalized spacial score (nSPS) is 18.0. The van der Waals surface area contributed by atoms with Crippen molar-refractivity contribution >= 4 is 35.4 Å². The Balaban J connectivity index is 1.61. The first-order chi connectivity index (χ1) is 18.4. The van der Waals surface area contributed by atoms with Crippen LogP contribution >= 0.6 is 23.7 Å². The molecule has 5 rings (SSSR count). The molecule has 0 aromatic heterocycles. The van der Waals surface area contributed by atoms with E-state index in [-0.39, 0.29) is 23.9 Å². The summed E-state index contributed by atoms with van der Waals surface area (Å²) in [5, 5.41) is 19.5. The van der Waals surface area contributed by atoms with E-state index in [2.05, 4.69) is 5.32 Å². The molecular formula is C29H27FN4O2S2. The van der Waals surface area contributed by atoms with Gasteiger partial charge < -0.3 is 16.2 Å². The molecule has 1 aliphatic heterocycles. The maximum Gasteiger partial charge on any atom is 0.352 e. The molecule has 0 bridgehead atoms. The average molecular weight is 547 g/mol. The fourth-order valence-corrected chi connectivity index (χ4v) is 5.44. The number of rotatable bonds is 9. The minimum atomic E-state index is -1.05. The van der Waals surface area contributed by atoms with E-state index < -0.39 is 11.5 Å². The van der Waals surface area contributed by atoms with Gasteiger partial charge >= 0.3 is 5.97 Å². The van der Waals surface area contributed by atoms with Crippen LogP contribution in [0.5, 0.6) is 0 Å². The monoisotopic (exact) mass is 546 g/mol. The number of aliphatic imine (C=N–C) groups is 1. The van der Waals surface area contributed by atoms with E-state index in [1.54, 1.807) is 17.5 Å². The molecule has 1 heterocycles. The molecule has 1 unspecified atom stereocenters. The zero-order valence-electron chi connectivity index (χ0n) is 20.4. The highest BCUT2D eigenvalue weighted by Crippen LogP contribution is 2.38. The van der Waals surface area contributed by atoms with Gasteiger partial charge in [-0.3, -0.25) is 5.14 Å². The third-order valence-corrected chi connectivity index (χ3v) is 7.87. The molecule has 3 aromatic carbocycles. The summed E-state index contributed by atoms with van der Waals surface area (Å²) < 4.78 is 15.1. The molecular weight excluding hydrogens is 519 g/mol. The number of hydrogen-bond donors (Lipinski definition) is 4. The molecule has 1 aliphatic carbocycles. The van der Waals surface area contributed by atoms with E-state index in [0.717, 1.165) is 47.1 Å². The number of carboxylic acid groups (broad SMARTS) is 1. The zero-order chi connectivity index (χ0) is 26.6. The highest BCUT2D eigenvalue weighted by Gasteiger charge is 2.30. The van der Waals surface area contributed by atoms with Crippen molar-refractivity contribution < 1.29 is 14.3 Å². The number of aliphatic carboxylic acids is 1. The number of nitrogens with zero attached hydrogens (tertiary/aromatic N) is 1. The fraction of sp³-hybridized carbons (Fsp3) is 0.172. The molecule has 0 spiro atoms. The van der Waals surface area contributed by atoms with Gasteiger partial charge in [-0.15, -0.1) is 0 Å².